The number of hydrogen-bond acceptors (Lipinski definition) is 4. The molecule has 0 aromatic heterocycles. The molecule has 0 amide bonds. The Bertz CT molecular complexity index is 348. The van der Waals surface area contributed by atoms with Crippen LogP contribution in [0.3, 0.4) is 0 Å². The minimum atomic E-state index is -0.566. The molecule has 0 aliphatic rings. The average Bonchev–Trinajstić information content (AvgIpc) is 2.36. The first kappa shape index (κ1) is 12.7. The summed E-state index contributed by atoms with van der Waals surface area (Å²) in [5, 5.41) is 9.59. The molecule has 88 valence electrons. The minimum absolute atomic E-state index is 0.379. The van der Waals surface area contributed by atoms with Crippen molar-refractivity contribution in [3.05, 3.63) is 35.4 Å². The molecule has 0 fully saturated rings. The maximum atomic E-state index is 11.2. The Labute approximate surface area is 95.0 Å². The molecule has 4 nitrogen and oxygen atoms in total. The zero-order valence-electron chi connectivity index (χ0n) is 9.51. The van der Waals surface area contributed by atoms with E-state index < -0.39 is 12.1 Å². The van der Waals surface area contributed by atoms with Crippen LogP contribution in [0, 0.1) is 0 Å². The van der Waals surface area contributed by atoms with Gasteiger partial charge in [-0.2, -0.15) is 0 Å². The predicted molar refractivity (Wildman–Crippen MR) is 61.0 cm³/mol. The number of nitrogens with two attached hydrogens (primary N) is 1. The normalized spacial score (nSPS) is 14.2. The second-order valence-corrected chi connectivity index (χ2v) is 3.61. The summed E-state index contributed by atoms with van der Waals surface area (Å²) >= 11 is 0. The topological polar surface area (TPSA) is 72.5 Å². The summed E-state index contributed by atoms with van der Waals surface area (Å²) < 4.78 is 4.59. The number of methoxy groups -OCH3 is 1. The molecule has 0 bridgehead atoms. The Balaban J connectivity index is 2.82. The van der Waals surface area contributed by atoms with Crippen molar-refractivity contribution in [2.75, 3.05) is 7.11 Å². The first-order valence-electron chi connectivity index (χ1n) is 5.22. The number of rotatable bonds is 4. The number of carbonyl (C=O) groups is 1. The third kappa shape index (κ3) is 2.81. The molecule has 0 unspecified atom stereocenters. The van der Waals surface area contributed by atoms with Gasteiger partial charge in [-0.15, -0.1) is 0 Å². The van der Waals surface area contributed by atoms with E-state index in [9.17, 15) is 9.90 Å². The molecule has 4 heteroatoms. The lowest BCUT2D eigenvalue weighted by Crippen LogP contribution is -2.25. The molecule has 1 aromatic carbocycles. The fourth-order valence-electron chi connectivity index (χ4n) is 1.44. The lowest BCUT2D eigenvalue weighted by atomic mass is 9.99. The monoisotopic (exact) mass is 223 g/mol. The van der Waals surface area contributed by atoms with Gasteiger partial charge in [-0.05, 0) is 24.1 Å². The van der Waals surface area contributed by atoms with Crippen molar-refractivity contribution in [1.29, 1.82) is 0 Å². The molecular formula is C12H17NO3. The van der Waals surface area contributed by atoms with Gasteiger partial charge in [0.15, 0.2) is 0 Å². The fourth-order valence-corrected chi connectivity index (χ4v) is 1.44. The standard InChI is InChI=1S/C12H17NO3/c1-3-10(14)11(13)8-4-6-9(7-5-8)12(15)16-2/h4-7,10-11,14H,3,13H2,1-2H3/t10-,11+/m0/s1. The first-order valence-corrected chi connectivity index (χ1v) is 5.22. The molecular weight excluding hydrogens is 206 g/mol. The van der Waals surface area contributed by atoms with Gasteiger partial charge in [0.1, 0.15) is 0 Å². The van der Waals surface area contributed by atoms with Crippen LogP contribution >= 0.6 is 0 Å². The van der Waals surface area contributed by atoms with E-state index in [-0.39, 0.29) is 5.97 Å². The summed E-state index contributed by atoms with van der Waals surface area (Å²) in [6, 6.07) is 6.33. The Morgan fingerprint density at radius 3 is 2.44 bits per heavy atom. The van der Waals surface area contributed by atoms with Crippen LogP contribution in [0.25, 0.3) is 0 Å². The highest BCUT2D eigenvalue weighted by atomic mass is 16.5. The molecule has 0 saturated carbocycles. The molecule has 0 aliphatic heterocycles. The van der Waals surface area contributed by atoms with Crippen molar-refractivity contribution in [1.82, 2.24) is 0 Å². The zero-order chi connectivity index (χ0) is 12.1. The molecule has 3 N–H and O–H groups in total. The van der Waals surface area contributed by atoms with Crippen molar-refractivity contribution in [3.8, 4) is 0 Å². The fraction of sp³-hybridized carbons (Fsp3) is 0.417. The molecule has 0 radical (unpaired) electrons. The van der Waals surface area contributed by atoms with Gasteiger partial charge in [0.05, 0.1) is 24.8 Å². The van der Waals surface area contributed by atoms with Crippen LogP contribution in [-0.2, 0) is 4.74 Å². The number of aliphatic hydroxyl groups excluding tert-OH is 1. The lowest BCUT2D eigenvalue weighted by molar-refractivity contribution is 0.0600. The van der Waals surface area contributed by atoms with Crippen molar-refractivity contribution in [2.45, 2.75) is 25.5 Å². The van der Waals surface area contributed by atoms with E-state index in [0.29, 0.717) is 12.0 Å². The van der Waals surface area contributed by atoms with E-state index in [2.05, 4.69) is 4.74 Å². The van der Waals surface area contributed by atoms with Crippen LogP contribution in [0.5, 0.6) is 0 Å². The van der Waals surface area contributed by atoms with Crippen LogP contribution < -0.4 is 5.73 Å². The Hall–Kier alpha value is -1.39. The summed E-state index contributed by atoms with van der Waals surface area (Å²) in [7, 11) is 1.34. The number of benzene rings is 1. The van der Waals surface area contributed by atoms with Gasteiger partial charge < -0.3 is 15.6 Å². The van der Waals surface area contributed by atoms with E-state index >= 15 is 0 Å². The highest BCUT2D eigenvalue weighted by Gasteiger charge is 2.15. The predicted octanol–water partition coefficient (Wildman–Crippen LogP) is 1.24. The third-order valence-corrected chi connectivity index (χ3v) is 2.55. The maximum Gasteiger partial charge on any atom is 0.337 e. The zero-order valence-corrected chi connectivity index (χ0v) is 9.51. The summed E-state index contributed by atoms with van der Waals surface area (Å²) in [5.74, 6) is -0.379. The second-order valence-electron chi connectivity index (χ2n) is 3.61. The van der Waals surface area contributed by atoms with Crippen LogP contribution in [0.4, 0.5) is 0 Å². The van der Waals surface area contributed by atoms with Crippen LogP contribution in [0.1, 0.15) is 35.3 Å². The highest BCUT2D eigenvalue weighted by molar-refractivity contribution is 5.89. The lowest BCUT2D eigenvalue weighted by Gasteiger charge is -2.17. The number of esters is 1. The molecule has 1 aromatic rings. The van der Waals surface area contributed by atoms with Gasteiger partial charge >= 0.3 is 5.97 Å². The number of aliphatic hydroxyl groups is 1. The van der Waals surface area contributed by atoms with Crippen LogP contribution in [0.15, 0.2) is 24.3 Å². The quantitative estimate of drug-likeness (QED) is 0.753. The third-order valence-electron chi connectivity index (χ3n) is 2.55. The second kappa shape index (κ2) is 5.63. The van der Waals surface area contributed by atoms with Gasteiger partial charge in [0, 0.05) is 0 Å². The van der Waals surface area contributed by atoms with E-state index in [4.69, 9.17) is 5.73 Å². The van der Waals surface area contributed by atoms with Gasteiger partial charge in [0.25, 0.3) is 0 Å². The smallest absolute Gasteiger partial charge is 0.337 e. The van der Waals surface area contributed by atoms with Crippen molar-refractivity contribution in [3.63, 3.8) is 0 Å². The van der Waals surface area contributed by atoms with Gasteiger partial charge in [-0.25, -0.2) is 4.79 Å². The molecule has 0 heterocycles. The minimum Gasteiger partial charge on any atom is -0.465 e. The summed E-state index contributed by atoms with van der Waals surface area (Å²) in [5.41, 5.74) is 7.13. The molecule has 2 atom stereocenters. The molecule has 0 aliphatic carbocycles. The first-order chi connectivity index (χ1) is 7.60. The SMILES string of the molecule is CC[C@H](O)[C@H](N)c1ccc(C(=O)OC)cc1. The van der Waals surface area contributed by atoms with E-state index in [1.54, 1.807) is 24.3 Å². The Kier molecular flexibility index (Phi) is 4.46. The van der Waals surface area contributed by atoms with Crippen molar-refractivity contribution < 1.29 is 14.6 Å². The molecule has 0 saturated heterocycles. The molecule has 0 spiro atoms. The van der Waals surface area contributed by atoms with Crippen molar-refractivity contribution in [2.24, 2.45) is 5.73 Å². The van der Waals surface area contributed by atoms with Gasteiger partial charge in [-0.3, -0.25) is 0 Å². The Morgan fingerprint density at radius 1 is 1.44 bits per heavy atom. The van der Waals surface area contributed by atoms with Crippen LogP contribution in [-0.4, -0.2) is 24.3 Å². The number of carbonyl (C=O) groups excluding carboxylic acids is 1. The largest absolute Gasteiger partial charge is 0.465 e. The van der Waals surface area contributed by atoms with Crippen molar-refractivity contribution >= 4 is 5.97 Å². The highest BCUT2D eigenvalue weighted by Crippen LogP contribution is 2.17. The van der Waals surface area contributed by atoms with E-state index in [1.165, 1.54) is 7.11 Å². The average molecular weight is 223 g/mol. The number of hydrogen-bond donors (Lipinski definition) is 2. The van der Waals surface area contributed by atoms with Crippen LogP contribution in [0.2, 0.25) is 0 Å². The number of ether oxygens (including phenoxy) is 1. The maximum absolute atomic E-state index is 11.2. The molecule has 1 rings (SSSR count). The summed E-state index contributed by atoms with van der Waals surface area (Å²) in [6.07, 6.45) is 0.0314. The van der Waals surface area contributed by atoms with Gasteiger partial charge in [0.2, 0.25) is 0 Å². The van der Waals surface area contributed by atoms with E-state index in [0.717, 1.165) is 5.56 Å². The Morgan fingerprint density at radius 2 is 2.00 bits per heavy atom. The summed E-state index contributed by atoms with van der Waals surface area (Å²) in [6.45, 7) is 1.87. The van der Waals surface area contributed by atoms with E-state index in [1.807, 2.05) is 6.92 Å². The van der Waals surface area contributed by atoms with Gasteiger partial charge in [-0.1, -0.05) is 19.1 Å². The summed E-state index contributed by atoms with van der Waals surface area (Å²) in [4.78, 5) is 11.2. The molecule has 16 heavy (non-hydrogen) atoms.